The van der Waals surface area contributed by atoms with E-state index in [1.165, 1.54) is 31.2 Å². The van der Waals surface area contributed by atoms with Crippen molar-refractivity contribution in [3.8, 4) is 0 Å². The highest BCUT2D eigenvalue weighted by atomic mass is 16.5. The molecule has 2 aromatic carbocycles. The molecule has 0 bridgehead atoms. The lowest BCUT2D eigenvalue weighted by molar-refractivity contribution is -0.147. The van der Waals surface area contributed by atoms with Crippen LogP contribution in [-0.2, 0) is 20.9 Å². The molecule has 0 fully saturated rings. The van der Waals surface area contributed by atoms with Gasteiger partial charge < -0.3 is 15.8 Å². The number of nitrogens with one attached hydrogen (secondary N) is 1. The van der Waals surface area contributed by atoms with Crippen LogP contribution >= 0.6 is 0 Å². The summed E-state index contributed by atoms with van der Waals surface area (Å²) >= 11 is 0. The van der Waals surface area contributed by atoms with Gasteiger partial charge in [0.1, 0.15) is 6.54 Å². The normalized spacial score (nSPS) is 11.6. The van der Waals surface area contributed by atoms with Gasteiger partial charge >= 0.3 is 5.97 Å². The van der Waals surface area contributed by atoms with E-state index in [1.807, 2.05) is 6.92 Å². The van der Waals surface area contributed by atoms with Crippen molar-refractivity contribution in [2.45, 2.75) is 39.3 Å². The van der Waals surface area contributed by atoms with E-state index in [2.05, 4.69) is 10.4 Å². The minimum Gasteiger partial charge on any atom is -0.453 e. The lowest BCUT2D eigenvalue weighted by atomic mass is 10.1. The van der Waals surface area contributed by atoms with Gasteiger partial charge in [0.15, 0.2) is 11.8 Å². The molecule has 0 saturated carbocycles. The maximum Gasteiger partial charge on any atom is 0.328 e. The number of primary amides is 1. The molecule has 0 unspecified atom stereocenters. The van der Waals surface area contributed by atoms with Gasteiger partial charge in [0.05, 0.1) is 5.39 Å². The van der Waals surface area contributed by atoms with Crippen LogP contribution in [0.3, 0.4) is 0 Å². The average Bonchev–Trinajstić information content (AvgIpc) is 2.80. The van der Waals surface area contributed by atoms with Crippen LogP contribution in [0.15, 0.2) is 53.3 Å². The predicted octanol–water partition coefficient (Wildman–Crippen LogP) is 2.05. The van der Waals surface area contributed by atoms with Crippen LogP contribution in [0.5, 0.6) is 0 Å². The van der Waals surface area contributed by atoms with Crippen molar-refractivity contribution in [3.63, 3.8) is 0 Å². The molecular weight excluding hydrogens is 440 g/mol. The van der Waals surface area contributed by atoms with Crippen LogP contribution in [-0.4, -0.2) is 39.5 Å². The molecule has 1 aromatic heterocycles. The van der Waals surface area contributed by atoms with Crippen molar-refractivity contribution >= 4 is 40.0 Å². The molecule has 0 saturated heterocycles. The van der Waals surface area contributed by atoms with Gasteiger partial charge in [0, 0.05) is 23.1 Å². The van der Waals surface area contributed by atoms with E-state index >= 15 is 0 Å². The van der Waals surface area contributed by atoms with Crippen molar-refractivity contribution in [2.75, 3.05) is 5.32 Å². The van der Waals surface area contributed by atoms with Gasteiger partial charge in [-0.3, -0.25) is 24.0 Å². The summed E-state index contributed by atoms with van der Waals surface area (Å²) in [5.41, 5.74) is 5.44. The van der Waals surface area contributed by atoms with Gasteiger partial charge in [-0.2, -0.15) is 5.10 Å². The standard InChI is InChI=1S/C24H24N4O6/c1-3-6-19(29)26-16-11-9-15(10-12-16)22(31)14(2)34-20(30)13-28-24(33)18-8-5-4-7-17(18)21(27-28)23(25)32/h4-5,7-12,14H,3,6,13H2,1-2H3,(H2,25,32)(H,26,29)/t14-/m1/s1. The Kier molecular flexibility index (Phi) is 7.52. The van der Waals surface area contributed by atoms with Crippen molar-refractivity contribution in [1.29, 1.82) is 0 Å². The molecule has 34 heavy (non-hydrogen) atoms. The molecule has 10 heteroatoms. The number of hydrogen-bond acceptors (Lipinski definition) is 7. The highest BCUT2D eigenvalue weighted by Gasteiger charge is 2.22. The number of hydrogen-bond donors (Lipinski definition) is 2. The Bertz CT molecular complexity index is 1310. The number of carbonyl (C=O) groups excluding carboxylic acids is 4. The SMILES string of the molecule is CCCC(=O)Nc1ccc(C(=O)[C@@H](C)OC(=O)Cn2nc(C(N)=O)c3ccccc3c2=O)cc1. The summed E-state index contributed by atoms with van der Waals surface area (Å²) in [4.78, 5) is 61.2. The molecule has 176 valence electrons. The summed E-state index contributed by atoms with van der Waals surface area (Å²) in [5, 5.41) is 7.08. The number of ether oxygens (including phenoxy) is 1. The second kappa shape index (κ2) is 10.5. The number of anilines is 1. The lowest BCUT2D eigenvalue weighted by Gasteiger charge is -2.14. The quantitative estimate of drug-likeness (QED) is 0.363. The maximum atomic E-state index is 12.7. The van der Waals surface area contributed by atoms with Crippen molar-refractivity contribution in [2.24, 2.45) is 5.73 Å². The molecule has 3 N–H and O–H groups in total. The molecule has 0 aliphatic rings. The number of nitrogens with zero attached hydrogens (tertiary/aromatic N) is 2. The van der Waals surface area contributed by atoms with E-state index in [-0.39, 0.29) is 27.9 Å². The third-order valence-electron chi connectivity index (χ3n) is 4.99. The number of amides is 2. The molecule has 0 aliphatic carbocycles. The third kappa shape index (κ3) is 5.52. The van der Waals surface area contributed by atoms with Gasteiger partial charge in [-0.25, -0.2) is 4.68 Å². The number of carbonyl (C=O) groups is 4. The zero-order valence-corrected chi connectivity index (χ0v) is 18.7. The Morgan fingerprint density at radius 2 is 1.71 bits per heavy atom. The van der Waals surface area contributed by atoms with Crippen LogP contribution in [0, 0.1) is 0 Å². The van der Waals surface area contributed by atoms with E-state index in [1.54, 1.807) is 24.3 Å². The van der Waals surface area contributed by atoms with Crippen LogP contribution < -0.4 is 16.6 Å². The number of rotatable bonds is 9. The van der Waals surface area contributed by atoms with Gasteiger partial charge in [0.2, 0.25) is 11.7 Å². The Morgan fingerprint density at radius 3 is 2.32 bits per heavy atom. The summed E-state index contributed by atoms with van der Waals surface area (Å²) < 4.78 is 5.98. The number of ketones is 1. The fourth-order valence-electron chi connectivity index (χ4n) is 3.34. The number of esters is 1. The topological polar surface area (TPSA) is 150 Å². The molecule has 10 nitrogen and oxygen atoms in total. The largest absolute Gasteiger partial charge is 0.453 e. The number of fused-ring (bicyclic) bond motifs is 1. The molecule has 3 aromatic rings. The van der Waals surface area contributed by atoms with Gasteiger partial charge in [-0.15, -0.1) is 0 Å². The first-order valence-electron chi connectivity index (χ1n) is 10.6. The average molecular weight is 464 g/mol. The Balaban J connectivity index is 1.70. The van der Waals surface area contributed by atoms with E-state index in [0.717, 1.165) is 11.1 Å². The fourth-order valence-corrected chi connectivity index (χ4v) is 3.34. The molecule has 2 amide bonds. The fraction of sp³-hybridized carbons (Fsp3) is 0.250. The molecule has 3 rings (SSSR count). The first-order valence-corrected chi connectivity index (χ1v) is 10.6. The summed E-state index contributed by atoms with van der Waals surface area (Å²) in [7, 11) is 0. The minimum absolute atomic E-state index is 0.124. The smallest absolute Gasteiger partial charge is 0.328 e. The van der Waals surface area contributed by atoms with E-state index in [9.17, 15) is 24.0 Å². The Hall–Kier alpha value is -4.34. The van der Waals surface area contributed by atoms with Crippen LogP contribution in [0.25, 0.3) is 10.8 Å². The molecular formula is C24H24N4O6. The van der Waals surface area contributed by atoms with Crippen molar-refractivity contribution < 1.29 is 23.9 Å². The summed E-state index contributed by atoms with van der Waals surface area (Å²) in [6.45, 7) is 2.69. The number of benzene rings is 2. The summed E-state index contributed by atoms with van der Waals surface area (Å²) in [6.07, 6.45) is -0.0282. The molecule has 1 atom stereocenters. The Labute approximate surface area is 194 Å². The Morgan fingerprint density at radius 1 is 1.06 bits per heavy atom. The highest BCUT2D eigenvalue weighted by Crippen LogP contribution is 2.14. The number of Topliss-reactive ketones (excluding diaryl/α,β-unsaturated/α-hetero) is 1. The van der Waals surface area contributed by atoms with E-state index in [0.29, 0.717) is 12.1 Å². The molecule has 1 heterocycles. The number of aromatic nitrogens is 2. The minimum atomic E-state index is -1.14. The van der Waals surface area contributed by atoms with Crippen molar-refractivity contribution in [3.05, 3.63) is 70.1 Å². The van der Waals surface area contributed by atoms with Gasteiger partial charge in [0.25, 0.3) is 11.5 Å². The van der Waals surface area contributed by atoms with Crippen molar-refractivity contribution in [1.82, 2.24) is 9.78 Å². The zero-order valence-electron chi connectivity index (χ0n) is 18.7. The highest BCUT2D eigenvalue weighted by molar-refractivity contribution is 6.04. The van der Waals surface area contributed by atoms with Crippen LogP contribution in [0.1, 0.15) is 47.5 Å². The number of nitrogens with two attached hydrogens (primary N) is 1. The second-order valence-corrected chi connectivity index (χ2v) is 7.59. The maximum absolute atomic E-state index is 12.7. The monoisotopic (exact) mass is 464 g/mol. The molecule has 0 aliphatic heterocycles. The lowest BCUT2D eigenvalue weighted by Crippen LogP contribution is -2.33. The van der Waals surface area contributed by atoms with E-state index < -0.39 is 35.9 Å². The summed E-state index contributed by atoms with van der Waals surface area (Å²) in [6, 6.07) is 12.5. The summed E-state index contributed by atoms with van der Waals surface area (Å²) in [5.74, 6) is -2.32. The van der Waals surface area contributed by atoms with Gasteiger partial charge in [-0.05, 0) is 43.7 Å². The first-order chi connectivity index (χ1) is 16.2. The van der Waals surface area contributed by atoms with E-state index in [4.69, 9.17) is 10.5 Å². The van der Waals surface area contributed by atoms with Crippen LogP contribution in [0.2, 0.25) is 0 Å². The zero-order chi connectivity index (χ0) is 24.8. The molecule has 0 radical (unpaired) electrons. The third-order valence-corrected chi connectivity index (χ3v) is 4.99. The van der Waals surface area contributed by atoms with Crippen LogP contribution in [0.4, 0.5) is 5.69 Å². The first kappa shape index (κ1) is 24.3. The predicted molar refractivity (Wildman–Crippen MR) is 124 cm³/mol. The molecule has 0 spiro atoms. The second-order valence-electron chi connectivity index (χ2n) is 7.59. The van der Waals surface area contributed by atoms with Gasteiger partial charge in [-0.1, -0.05) is 25.1 Å².